The van der Waals surface area contributed by atoms with E-state index in [-0.39, 0.29) is 48.0 Å². The van der Waals surface area contributed by atoms with Gasteiger partial charge in [-0.25, -0.2) is 0 Å². The minimum atomic E-state index is -1.40. The molecule has 1 saturated heterocycles. The number of esters is 2. The minimum Gasteiger partial charge on any atom is -0.489 e. The molecule has 0 radical (unpaired) electrons. The lowest BCUT2D eigenvalue weighted by atomic mass is 9.98. The summed E-state index contributed by atoms with van der Waals surface area (Å²) in [5.74, 6) is -0.294. The number of rotatable bonds is 17. The Kier molecular flexibility index (Phi) is 14.2. The fraction of sp³-hybridized carbons (Fsp3) is 0.226. The molecule has 5 unspecified atom stereocenters. The molecule has 1 aliphatic heterocycles. The molecule has 0 spiro atoms. The van der Waals surface area contributed by atoms with Gasteiger partial charge in [0.2, 0.25) is 17.5 Å². The van der Waals surface area contributed by atoms with Gasteiger partial charge in [-0.3, -0.25) is 14.4 Å². The van der Waals surface area contributed by atoms with E-state index in [9.17, 15) is 9.59 Å². The van der Waals surface area contributed by atoms with Gasteiger partial charge in [0.15, 0.2) is 24.1 Å². The predicted molar refractivity (Wildman–Crippen MR) is 241 cm³/mol. The van der Waals surface area contributed by atoms with Crippen LogP contribution < -0.4 is 24.4 Å². The summed E-state index contributed by atoms with van der Waals surface area (Å²) >= 11 is 0. The van der Waals surface area contributed by atoms with Crippen LogP contribution in [0.4, 0.5) is 0 Å². The molecule has 1 aliphatic rings. The summed E-state index contributed by atoms with van der Waals surface area (Å²) < 4.78 is 56.6. The molecule has 65 heavy (non-hydrogen) atoms. The van der Waals surface area contributed by atoms with Crippen molar-refractivity contribution in [2.75, 3.05) is 0 Å². The van der Waals surface area contributed by atoms with Crippen molar-refractivity contribution in [1.82, 2.24) is 0 Å². The molecule has 0 N–H and O–H groups in total. The van der Waals surface area contributed by atoms with E-state index in [2.05, 4.69) is 0 Å². The first-order valence-electron chi connectivity index (χ1n) is 21.3. The van der Waals surface area contributed by atoms with Crippen LogP contribution in [-0.4, -0.2) is 42.6 Å². The fourth-order valence-corrected chi connectivity index (χ4v) is 7.46. The standard InChI is InChI=1S/C53H48O12/c1-34-48(62-35(2)54)51(63-36(3)55)52(60-33-40-22-14-7-15-23-40)53(61-34)65-50-47(56)46-44(59-32-39-20-12-6-13-21-39)28-43(58-31-38-18-10-5-11-19-38)29-45(46)64-49(50)41-24-26-42(27-25-41)57-30-37-16-8-4-9-17-37/h4-29,34,48,51-53H,30-33H2,1-3H3. The molecule has 0 amide bonds. The van der Waals surface area contributed by atoms with Crippen LogP contribution in [0.3, 0.4) is 0 Å². The zero-order valence-corrected chi connectivity index (χ0v) is 36.1. The quantitative estimate of drug-likeness (QED) is 0.0806. The molecule has 0 aliphatic carbocycles. The molecule has 8 rings (SSSR count). The average Bonchev–Trinajstić information content (AvgIpc) is 3.32. The lowest BCUT2D eigenvalue weighted by molar-refractivity contribution is -0.287. The summed E-state index contributed by atoms with van der Waals surface area (Å²) in [6, 6.07) is 48.7. The van der Waals surface area contributed by atoms with E-state index >= 15 is 4.79 Å². The Labute approximate surface area is 376 Å². The topological polar surface area (TPSA) is 138 Å². The van der Waals surface area contributed by atoms with Crippen LogP contribution >= 0.6 is 0 Å². The van der Waals surface area contributed by atoms with E-state index < -0.39 is 48.1 Å². The second kappa shape index (κ2) is 20.8. The van der Waals surface area contributed by atoms with Crippen LogP contribution in [0.5, 0.6) is 23.0 Å². The lowest BCUT2D eigenvalue weighted by Crippen LogP contribution is -2.61. The van der Waals surface area contributed by atoms with Crippen LogP contribution in [0, 0.1) is 0 Å². The summed E-state index contributed by atoms with van der Waals surface area (Å²) in [4.78, 5) is 40.4. The fourth-order valence-electron chi connectivity index (χ4n) is 7.46. The molecule has 5 atom stereocenters. The molecule has 332 valence electrons. The smallest absolute Gasteiger partial charge is 0.303 e. The van der Waals surface area contributed by atoms with Gasteiger partial charge in [0.1, 0.15) is 48.0 Å². The van der Waals surface area contributed by atoms with E-state index in [1.54, 1.807) is 43.3 Å². The van der Waals surface area contributed by atoms with Gasteiger partial charge in [-0.15, -0.1) is 0 Å². The predicted octanol–water partition coefficient (Wildman–Crippen LogP) is 9.77. The van der Waals surface area contributed by atoms with Crippen molar-refractivity contribution in [2.24, 2.45) is 0 Å². The molecular weight excluding hydrogens is 829 g/mol. The van der Waals surface area contributed by atoms with Gasteiger partial charge in [-0.05, 0) is 53.4 Å². The maximum atomic E-state index is 15.3. The van der Waals surface area contributed by atoms with Crippen molar-refractivity contribution in [3.8, 4) is 34.3 Å². The first-order chi connectivity index (χ1) is 31.7. The Hall–Kier alpha value is -7.41. The maximum Gasteiger partial charge on any atom is 0.303 e. The minimum absolute atomic E-state index is 0.0283. The average molecular weight is 877 g/mol. The van der Waals surface area contributed by atoms with Crippen molar-refractivity contribution >= 4 is 22.9 Å². The normalized spacial score (nSPS) is 18.0. The largest absolute Gasteiger partial charge is 0.489 e. The molecule has 0 bridgehead atoms. The van der Waals surface area contributed by atoms with E-state index in [1.165, 1.54) is 13.8 Å². The van der Waals surface area contributed by atoms with Crippen LogP contribution in [0.25, 0.3) is 22.3 Å². The number of carbonyl (C=O) groups excluding carboxylic acids is 2. The third kappa shape index (κ3) is 11.2. The Morgan fingerprint density at radius 3 is 1.58 bits per heavy atom. The molecular formula is C53H48O12. The first kappa shape index (κ1) is 44.2. The van der Waals surface area contributed by atoms with Gasteiger partial charge in [-0.2, -0.15) is 0 Å². The first-order valence-corrected chi connectivity index (χ1v) is 21.3. The van der Waals surface area contributed by atoms with Gasteiger partial charge in [0.05, 0.1) is 12.7 Å². The van der Waals surface area contributed by atoms with E-state index in [0.29, 0.717) is 23.7 Å². The monoisotopic (exact) mass is 876 g/mol. The van der Waals surface area contributed by atoms with E-state index in [1.807, 2.05) is 121 Å². The lowest BCUT2D eigenvalue weighted by Gasteiger charge is -2.43. The van der Waals surface area contributed by atoms with Crippen molar-refractivity contribution < 1.29 is 51.9 Å². The molecule has 12 heteroatoms. The SMILES string of the molecule is CC(=O)OC1C(C)OC(Oc2c(-c3ccc(OCc4ccccc4)cc3)oc3cc(OCc4ccccc4)cc(OCc4ccccc4)c3c2=O)C(OCc2ccccc2)C1OC(C)=O. The zero-order valence-electron chi connectivity index (χ0n) is 36.1. The Morgan fingerprint density at radius 1 is 0.554 bits per heavy atom. The highest BCUT2D eigenvalue weighted by molar-refractivity contribution is 5.88. The van der Waals surface area contributed by atoms with Crippen LogP contribution in [0.1, 0.15) is 43.0 Å². The summed E-state index contributed by atoms with van der Waals surface area (Å²) in [6.45, 7) is 4.88. The zero-order chi connectivity index (χ0) is 45.1. The number of benzene rings is 6. The van der Waals surface area contributed by atoms with Crippen molar-refractivity contribution in [3.63, 3.8) is 0 Å². The van der Waals surface area contributed by atoms with E-state index in [4.69, 9.17) is 42.3 Å². The maximum absolute atomic E-state index is 15.3. The van der Waals surface area contributed by atoms with Crippen molar-refractivity contribution in [2.45, 2.75) is 77.9 Å². The molecule has 0 saturated carbocycles. The number of hydrogen-bond donors (Lipinski definition) is 0. The summed E-state index contributed by atoms with van der Waals surface area (Å²) in [7, 11) is 0. The Balaban J connectivity index is 1.24. The van der Waals surface area contributed by atoms with Gasteiger partial charge < -0.3 is 42.3 Å². The third-order valence-corrected chi connectivity index (χ3v) is 10.6. The number of ether oxygens (including phenoxy) is 8. The summed E-state index contributed by atoms with van der Waals surface area (Å²) in [5.41, 5.74) is 3.64. The molecule has 6 aromatic carbocycles. The van der Waals surface area contributed by atoms with Gasteiger partial charge >= 0.3 is 11.9 Å². The third-order valence-electron chi connectivity index (χ3n) is 10.6. The van der Waals surface area contributed by atoms with Gasteiger partial charge in [0, 0.05) is 31.5 Å². The second-order valence-electron chi connectivity index (χ2n) is 15.5. The number of carbonyl (C=O) groups is 2. The summed E-state index contributed by atoms with van der Waals surface area (Å²) in [5, 5.41) is 0.0782. The highest BCUT2D eigenvalue weighted by Gasteiger charge is 2.51. The van der Waals surface area contributed by atoms with E-state index in [0.717, 1.165) is 22.3 Å². The highest BCUT2D eigenvalue weighted by Crippen LogP contribution is 2.40. The van der Waals surface area contributed by atoms with Crippen molar-refractivity contribution in [1.29, 1.82) is 0 Å². The van der Waals surface area contributed by atoms with Gasteiger partial charge in [0.25, 0.3) is 0 Å². The number of fused-ring (bicyclic) bond motifs is 1. The molecule has 12 nitrogen and oxygen atoms in total. The van der Waals surface area contributed by atoms with Crippen LogP contribution in [-0.2, 0) is 55.0 Å². The van der Waals surface area contributed by atoms with Crippen LogP contribution in [0.2, 0.25) is 0 Å². The molecule has 2 heterocycles. The van der Waals surface area contributed by atoms with Gasteiger partial charge in [-0.1, -0.05) is 121 Å². The molecule has 1 fully saturated rings. The van der Waals surface area contributed by atoms with Crippen LogP contribution in [0.15, 0.2) is 167 Å². The number of hydrogen-bond acceptors (Lipinski definition) is 12. The summed E-state index contributed by atoms with van der Waals surface area (Å²) in [6.07, 6.45) is -5.81. The Morgan fingerprint density at radius 2 is 1.05 bits per heavy atom. The molecule has 7 aromatic rings. The Bertz CT molecular complexity index is 2720. The van der Waals surface area contributed by atoms with Crippen molar-refractivity contribution in [3.05, 3.63) is 190 Å². The molecule has 1 aromatic heterocycles. The highest BCUT2D eigenvalue weighted by atomic mass is 16.7. The second-order valence-corrected chi connectivity index (χ2v) is 15.5.